The molecule has 2 amide bonds. The van der Waals surface area contributed by atoms with Gasteiger partial charge in [0.2, 0.25) is 11.8 Å². The molecule has 0 saturated carbocycles. The second-order valence-corrected chi connectivity index (χ2v) is 6.98. The van der Waals surface area contributed by atoms with Crippen LogP contribution in [0.1, 0.15) is 23.5 Å². The summed E-state index contributed by atoms with van der Waals surface area (Å²) >= 11 is 1.17. The van der Waals surface area contributed by atoms with Crippen LogP contribution in [0.2, 0.25) is 0 Å². The van der Waals surface area contributed by atoms with Gasteiger partial charge in [-0.15, -0.1) is 0 Å². The Hall–Kier alpha value is -2.80. The minimum Gasteiger partial charge on any atom is -0.350 e. The van der Waals surface area contributed by atoms with Gasteiger partial charge in [-0.2, -0.15) is 8.75 Å². The van der Waals surface area contributed by atoms with Gasteiger partial charge in [0.25, 0.3) is 0 Å². The standard InChI is InChI=1S/C19H18N4O2S/c24-18(20-10-13-6-7-16-17(8-13)22-26-21-16)12-23-11-15(9-19(23)25)14-4-2-1-3-5-14/h1-8,15H,9-12H2,(H,20,24)/t15-/m1/s1. The fourth-order valence-corrected chi connectivity index (χ4v) is 3.76. The zero-order chi connectivity index (χ0) is 17.9. The molecule has 26 heavy (non-hydrogen) atoms. The quantitative estimate of drug-likeness (QED) is 0.752. The van der Waals surface area contributed by atoms with Crippen LogP contribution in [0.15, 0.2) is 48.5 Å². The van der Waals surface area contributed by atoms with E-state index in [1.54, 1.807) is 4.90 Å². The number of nitrogens with zero attached hydrogens (tertiary/aromatic N) is 3. The molecule has 0 radical (unpaired) electrons. The minimum atomic E-state index is -0.149. The number of hydrogen-bond acceptors (Lipinski definition) is 5. The maximum Gasteiger partial charge on any atom is 0.239 e. The van der Waals surface area contributed by atoms with Gasteiger partial charge in [0.15, 0.2) is 0 Å². The van der Waals surface area contributed by atoms with Crippen molar-refractivity contribution in [2.75, 3.05) is 13.1 Å². The minimum absolute atomic E-state index is 0.0315. The van der Waals surface area contributed by atoms with E-state index >= 15 is 0 Å². The fourth-order valence-electron chi connectivity index (χ4n) is 3.24. The summed E-state index contributed by atoms with van der Waals surface area (Å²) in [5.41, 5.74) is 3.81. The highest BCUT2D eigenvalue weighted by Crippen LogP contribution is 2.27. The van der Waals surface area contributed by atoms with Crippen LogP contribution in [-0.2, 0) is 16.1 Å². The molecule has 2 aromatic carbocycles. The van der Waals surface area contributed by atoms with Crippen molar-refractivity contribution in [2.24, 2.45) is 0 Å². The molecule has 132 valence electrons. The number of amides is 2. The van der Waals surface area contributed by atoms with Gasteiger partial charge in [-0.1, -0.05) is 36.4 Å². The zero-order valence-electron chi connectivity index (χ0n) is 14.1. The third kappa shape index (κ3) is 3.57. The summed E-state index contributed by atoms with van der Waals surface area (Å²) in [6.45, 7) is 1.10. The monoisotopic (exact) mass is 366 g/mol. The number of rotatable bonds is 5. The Morgan fingerprint density at radius 2 is 1.96 bits per heavy atom. The van der Waals surface area contributed by atoms with Gasteiger partial charge in [0, 0.05) is 25.4 Å². The molecule has 0 bridgehead atoms. The Balaban J connectivity index is 1.32. The molecular weight excluding hydrogens is 348 g/mol. The highest BCUT2D eigenvalue weighted by Gasteiger charge is 2.31. The van der Waals surface area contributed by atoms with E-state index in [-0.39, 0.29) is 24.3 Å². The Morgan fingerprint density at radius 1 is 1.15 bits per heavy atom. The molecule has 4 rings (SSSR count). The summed E-state index contributed by atoms with van der Waals surface area (Å²) in [7, 11) is 0. The molecule has 7 heteroatoms. The number of fused-ring (bicyclic) bond motifs is 1. The average Bonchev–Trinajstić information content (AvgIpc) is 3.27. The lowest BCUT2D eigenvalue weighted by Crippen LogP contribution is -2.37. The lowest BCUT2D eigenvalue weighted by Gasteiger charge is -2.16. The van der Waals surface area contributed by atoms with E-state index in [1.807, 2.05) is 48.5 Å². The van der Waals surface area contributed by atoms with E-state index in [9.17, 15) is 9.59 Å². The third-order valence-electron chi connectivity index (χ3n) is 4.63. The number of likely N-dealkylation sites (tertiary alicyclic amines) is 1. The number of carbonyl (C=O) groups excluding carboxylic acids is 2. The van der Waals surface area contributed by atoms with Gasteiger partial charge in [-0.25, -0.2) is 0 Å². The predicted octanol–water partition coefficient (Wildman–Crippen LogP) is 2.32. The molecule has 0 spiro atoms. The maximum absolute atomic E-state index is 12.2. The van der Waals surface area contributed by atoms with Crippen LogP contribution >= 0.6 is 11.7 Å². The van der Waals surface area contributed by atoms with Crippen LogP contribution in [0.3, 0.4) is 0 Å². The summed E-state index contributed by atoms with van der Waals surface area (Å²) in [6.07, 6.45) is 0.463. The normalized spacial score (nSPS) is 17.0. The molecule has 1 atom stereocenters. The number of aromatic nitrogens is 2. The molecule has 0 aliphatic carbocycles. The SMILES string of the molecule is O=C(CN1C[C@H](c2ccccc2)CC1=O)NCc1ccc2nsnc2c1. The first-order valence-electron chi connectivity index (χ1n) is 8.49. The Kier molecular flexibility index (Phi) is 4.62. The molecule has 3 aromatic rings. The van der Waals surface area contributed by atoms with Crippen LogP contribution in [-0.4, -0.2) is 38.6 Å². The van der Waals surface area contributed by atoms with Crippen molar-refractivity contribution in [3.05, 3.63) is 59.7 Å². The molecule has 0 unspecified atom stereocenters. The highest BCUT2D eigenvalue weighted by atomic mass is 32.1. The first-order chi connectivity index (χ1) is 12.7. The van der Waals surface area contributed by atoms with Crippen molar-refractivity contribution in [3.63, 3.8) is 0 Å². The van der Waals surface area contributed by atoms with Crippen LogP contribution in [0.25, 0.3) is 11.0 Å². The second-order valence-electron chi connectivity index (χ2n) is 6.45. The smallest absolute Gasteiger partial charge is 0.239 e. The Labute approximate surface area is 155 Å². The summed E-state index contributed by atoms with van der Waals surface area (Å²) in [6, 6.07) is 15.7. The first kappa shape index (κ1) is 16.7. The summed E-state index contributed by atoms with van der Waals surface area (Å²) < 4.78 is 8.36. The van der Waals surface area contributed by atoms with E-state index in [1.165, 1.54) is 11.7 Å². The number of hydrogen-bond donors (Lipinski definition) is 1. The number of carbonyl (C=O) groups is 2. The molecule has 1 aliphatic heterocycles. The topological polar surface area (TPSA) is 75.2 Å². The summed E-state index contributed by atoms with van der Waals surface area (Å²) in [4.78, 5) is 26.1. The first-order valence-corrected chi connectivity index (χ1v) is 9.23. The van der Waals surface area contributed by atoms with Crippen LogP contribution in [0, 0.1) is 0 Å². The second kappa shape index (κ2) is 7.21. The van der Waals surface area contributed by atoms with E-state index in [0.29, 0.717) is 19.5 Å². The molecule has 1 aliphatic rings. The van der Waals surface area contributed by atoms with E-state index in [4.69, 9.17) is 0 Å². The van der Waals surface area contributed by atoms with Crippen LogP contribution in [0.5, 0.6) is 0 Å². The van der Waals surface area contributed by atoms with Crippen molar-refractivity contribution in [1.82, 2.24) is 19.0 Å². The van der Waals surface area contributed by atoms with Crippen molar-refractivity contribution >= 4 is 34.6 Å². The van der Waals surface area contributed by atoms with Gasteiger partial charge in [-0.3, -0.25) is 9.59 Å². The highest BCUT2D eigenvalue weighted by molar-refractivity contribution is 7.00. The Bertz CT molecular complexity index is 941. The molecule has 2 heterocycles. The van der Waals surface area contributed by atoms with Gasteiger partial charge < -0.3 is 10.2 Å². The van der Waals surface area contributed by atoms with Crippen LogP contribution < -0.4 is 5.32 Å². The van der Waals surface area contributed by atoms with E-state index in [2.05, 4.69) is 14.1 Å². The number of nitrogens with one attached hydrogen (secondary N) is 1. The molecule has 1 saturated heterocycles. The summed E-state index contributed by atoms with van der Waals surface area (Å²) in [5, 5.41) is 2.88. The van der Waals surface area contributed by atoms with Gasteiger partial charge in [0.1, 0.15) is 11.0 Å². The average molecular weight is 366 g/mol. The Morgan fingerprint density at radius 3 is 2.81 bits per heavy atom. The van der Waals surface area contributed by atoms with Crippen molar-refractivity contribution in [3.8, 4) is 0 Å². The zero-order valence-corrected chi connectivity index (χ0v) is 14.9. The predicted molar refractivity (Wildman–Crippen MR) is 99.6 cm³/mol. The molecular formula is C19H18N4O2S. The largest absolute Gasteiger partial charge is 0.350 e. The fraction of sp³-hybridized carbons (Fsp3) is 0.263. The molecule has 1 N–H and O–H groups in total. The number of benzene rings is 2. The van der Waals surface area contributed by atoms with Gasteiger partial charge in [-0.05, 0) is 23.3 Å². The van der Waals surface area contributed by atoms with Crippen molar-refractivity contribution in [1.29, 1.82) is 0 Å². The van der Waals surface area contributed by atoms with E-state index < -0.39 is 0 Å². The summed E-state index contributed by atoms with van der Waals surface area (Å²) in [5.74, 6) is 0.0450. The lowest BCUT2D eigenvalue weighted by atomic mass is 9.99. The molecule has 1 fully saturated rings. The lowest BCUT2D eigenvalue weighted by molar-refractivity contribution is -0.133. The van der Waals surface area contributed by atoms with Gasteiger partial charge >= 0.3 is 0 Å². The van der Waals surface area contributed by atoms with Crippen LogP contribution in [0.4, 0.5) is 0 Å². The molecule has 6 nitrogen and oxygen atoms in total. The van der Waals surface area contributed by atoms with Gasteiger partial charge in [0.05, 0.1) is 18.3 Å². The van der Waals surface area contributed by atoms with E-state index in [0.717, 1.165) is 22.2 Å². The maximum atomic E-state index is 12.2. The van der Waals surface area contributed by atoms with Crippen molar-refractivity contribution < 1.29 is 9.59 Å². The molecule has 1 aromatic heterocycles. The van der Waals surface area contributed by atoms with Crippen molar-refractivity contribution in [2.45, 2.75) is 18.9 Å². The third-order valence-corrected chi connectivity index (χ3v) is 5.18.